The number of anilines is 2. The highest BCUT2D eigenvalue weighted by molar-refractivity contribution is 5.89. The van der Waals surface area contributed by atoms with E-state index in [0.717, 1.165) is 56.8 Å². The van der Waals surface area contributed by atoms with Gasteiger partial charge in [-0.25, -0.2) is 4.98 Å². The van der Waals surface area contributed by atoms with E-state index in [9.17, 15) is 9.59 Å². The minimum atomic E-state index is -0.00475. The van der Waals surface area contributed by atoms with Crippen LogP contribution >= 0.6 is 0 Å². The molecule has 0 aliphatic heterocycles. The zero-order chi connectivity index (χ0) is 21.3. The largest absolute Gasteiger partial charge is 0.398 e. The minimum Gasteiger partial charge on any atom is -0.398 e. The topological polar surface area (TPSA) is 115 Å². The highest BCUT2D eigenvalue weighted by Gasteiger charge is 2.25. The molecule has 2 aliphatic rings. The first-order valence-electron chi connectivity index (χ1n) is 11.2. The van der Waals surface area contributed by atoms with Crippen LogP contribution in [0.5, 0.6) is 0 Å². The quantitative estimate of drug-likeness (QED) is 0.696. The summed E-state index contributed by atoms with van der Waals surface area (Å²) < 4.78 is 1.87. The van der Waals surface area contributed by atoms with Gasteiger partial charge in [-0.05, 0) is 44.9 Å². The average Bonchev–Trinajstić information content (AvgIpc) is 3.24. The van der Waals surface area contributed by atoms with Crippen molar-refractivity contribution in [1.29, 1.82) is 0 Å². The monoisotopic (exact) mass is 412 g/mol. The Kier molecular flexibility index (Phi) is 5.92. The normalized spacial score (nSPS) is 22.3. The molecular formula is C22H32N6O2. The first-order valence-corrected chi connectivity index (χ1v) is 11.2. The molecule has 0 saturated heterocycles. The standard InChI is InChI=1S/C22H32N6O2/c1-3-17-19(23)18-12-24-22(26-15-10-8-14(9-11-15)25-13(2)29)27-20(18)28(21(17)30)16-6-4-5-7-16/h12,14-16H,3-11,23H2,1-2H3,(H,25,29)(H,24,26,27)/t14-,15-. The van der Waals surface area contributed by atoms with E-state index in [1.165, 1.54) is 0 Å². The molecule has 0 unspecified atom stereocenters. The van der Waals surface area contributed by atoms with Crippen molar-refractivity contribution in [1.82, 2.24) is 19.9 Å². The van der Waals surface area contributed by atoms with E-state index in [4.69, 9.17) is 10.7 Å². The fourth-order valence-corrected chi connectivity index (χ4v) is 5.03. The molecule has 0 radical (unpaired) electrons. The second kappa shape index (κ2) is 8.62. The summed E-state index contributed by atoms with van der Waals surface area (Å²) in [7, 11) is 0. The number of fused-ring (bicyclic) bond motifs is 1. The summed E-state index contributed by atoms with van der Waals surface area (Å²) in [6, 6.07) is 0.686. The van der Waals surface area contributed by atoms with Gasteiger partial charge >= 0.3 is 0 Å². The number of nitrogens with zero attached hydrogens (tertiary/aromatic N) is 3. The maximum absolute atomic E-state index is 13.2. The second-order valence-electron chi connectivity index (χ2n) is 8.68. The molecule has 162 valence electrons. The Bertz CT molecular complexity index is 987. The molecule has 2 aromatic heterocycles. The third-order valence-corrected chi connectivity index (χ3v) is 6.60. The summed E-state index contributed by atoms with van der Waals surface area (Å²) in [5.74, 6) is 0.568. The van der Waals surface area contributed by atoms with Crippen molar-refractivity contribution in [2.24, 2.45) is 0 Å². The van der Waals surface area contributed by atoms with Gasteiger partial charge in [-0.3, -0.25) is 14.2 Å². The number of nitrogen functional groups attached to an aromatic ring is 1. The number of nitrogens with two attached hydrogens (primary N) is 1. The minimum absolute atomic E-state index is 0.00475. The summed E-state index contributed by atoms with van der Waals surface area (Å²) in [5.41, 5.74) is 8.15. The predicted molar refractivity (Wildman–Crippen MR) is 119 cm³/mol. The maximum Gasteiger partial charge on any atom is 0.257 e. The van der Waals surface area contributed by atoms with E-state index in [1.807, 2.05) is 11.5 Å². The lowest BCUT2D eigenvalue weighted by molar-refractivity contribution is -0.119. The van der Waals surface area contributed by atoms with Crippen molar-refractivity contribution in [2.45, 2.75) is 89.8 Å². The number of nitrogens with one attached hydrogen (secondary N) is 2. The highest BCUT2D eigenvalue weighted by atomic mass is 16.1. The average molecular weight is 413 g/mol. The van der Waals surface area contributed by atoms with Crippen LogP contribution in [0.2, 0.25) is 0 Å². The number of hydrogen-bond acceptors (Lipinski definition) is 6. The Morgan fingerprint density at radius 1 is 1.17 bits per heavy atom. The zero-order valence-corrected chi connectivity index (χ0v) is 17.9. The Balaban J connectivity index is 1.63. The van der Waals surface area contributed by atoms with E-state index >= 15 is 0 Å². The van der Waals surface area contributed by atoms with Crippen LogP contribution in [0.4, 0.5) is 11.6 Å². The third kappa shape index (κ3) is 4.00. The first kappa shape index (κ1) is 20.6. The molecule has 4 rings (SSSR count). The lowest BCUT2D eigenvalue weighted by Crippen LogP contribution is -2.39. The van der Waals surface area contributed by atoms with Crippen LogP contribution in [-0.4, -0.2) is 32.5 Å². The van der Waals surface area contributed by atoms with Crippen molar-refractivity contribution >= 4 is 28.6 Å². The van der Waals surface area contributed by atoms with Gasteiger partial charge in [0.2, 0.25) is 11.9 Å². The molecule has 0 spiro atoms. The Morgan fingerprint density at radius 2 is 1.83 bits per heavy atom. The second-order valence-corrected chi connectivity index (χ2v) is 8.68. The van der Waals surface area contributed by atoms with Gasteiger partial charge in [0.15, 0.2) is 5.65 Å². The number of rotatable bonds is 5. The van der Waals surface area contributed by atoms with E-state index in [-0.39, 0.29) is 29.6 Å². The van der Waals surface area contributed by atoms with Crippen LogP contribution in [0.3, 0.4) is 0 Å². The molecule has 1 amide bonds. The molecule has 0 aromatic carbocycles. The predicted octanol–water partition coefficient (Wildman–Crippen LogP) is 2.91. The molecule has 2 fully saturated rings. The van der Waals surface area contributed by atoms with Gasteiger partial charge in [0.05, 0.1) is 11.1 Å². The lowest BCUT2D eigenvalue weighted by Gasteiger charge is -2.29. The van der Waals surface area contributed by atoms with Crippen LogP contribution in [0.15, 0.2) is 11.0 Å². The van der Waals surface area contributed by atoms with Crippen molar-refractivity contribution in [2.75, 3.05) is 11.1 Å². The molecule has 0 bridgehead atoms. The highest BCUT2D eigenvalue weighted by Crippen LogP contribution is 2.32. The number of pyridine rings is 1. The van der Waals surface area contributed by atoms with E-state index < -0.39 is 0 Å². The molecule has 2 heterocycles. The Hall–Kier alpha value is -2.64. The van der Waals surface area contributed by atoms with E-state index in [2.05, 4.69) is 15.6 Å². The Labute approximate surface area is 176 Å². The van der Waals surface area contributed by atoms with Gasteiger partial charge in [0, 0.05) is 36.8 Å². The molecule has 2 aliphatic carbocycles. The summed E-state index contributed by atoms with van der Waals surface area (Å²) >= 11 is 0. The van der Waals surface area contributed by atoms with Gasteiger partial charge in [-0.2, -0.15) is 4.98 Å². The van der Waals surface area contributed by atoms with Crippen LogP contribution in [-0.2, 0) is 11.2 Å². The van der Waals surface area contributed by atoms with E-state index in [1.54, 1.807) is 13.1 Å². The van der Waals surface area contributed by atoms with Crippen molar-refractivity contribution in [3.05, 3.63) is 22.1 Å². The molecule has 8 heteroatoms. The van der Waals surface area contributed by atoms with Crippen molar-refractivity contribution in [3.8, 4) is 0 Å². The van der Waals surface area contributed by atoms with Crippen LogP contribution in [0.1, 0.15) is 76.8 Å². The molecule has 2 saturated carbocycles. The lowest BCUT2D eigenvalue weighted by atomic mass is 9.91. The number of carbonyl (C=O) groups is 1. The summed E-state index contributed by atoms with van der Waals surface area (Å²) in [5, 5.41) is 7.21. The molecular weight excluding hydrogens is 380 g/mol. The number of aromatic nitrogens is 3. The van der Waals surface area contributed by atoms with Gasteiger partial charge in [-0.1, -0.05) is 19.8 Å². The Morgan fingerprint density at radius 3 is 2.47 bits per heavy atom. The van der Waals surface area contributed by atoms with E-state index in [0.29, 0.717) is 29.3 Å². The summed E-state index contributed by atoms with van der Waals surface area (Å²) in [6.45, 7) is 3.53. The summed E-state index contributed by atoms with van der Waals surface area (Å²) in [4.78, 5) is 33.8. The third-order valence-electron chi connectivity index (χ3n) is 6.60. The molecule has 8 nitrogen and oxygen atoms in total. The van der Waals surface area contributed by atoms with Gasteiger partial charge in [-0.15, -0.1) is 0 Å². The summed E-state index contributed by atoms with van der Waals surface area (Å²) in [6.07, 6.45) is 10.4. The number of hydrogen-bond donors (Lipinski definition) is 3. The van der Waals surface area contributed by atoms with Gasteiger partial charge in [0.1, 0.15) is 0 Å². The van der Waals surface area contributed by atoms with Gasteiger partial charge in [0.25, 0.3) is 5.56 Å². The fourth-order valence-electron chi connectivity index (χ4n) is 5.03. The smallest absolute Gasteiger partial charge is 0.257 e. The van der Waals surface area contributed by atoms with Crippen molar-refractivity contribution < 1.29 is 4.79 Å². The van der Waals surface area contributed by atoms with Crippen LogP contribution in [0.25, 0.3) is 11.0 Å². The molecule has 0 atom stereocenters. The zero-order valence-electron chi connectivity index (χ0n) is 17.9. The van der Waals surface area contributed by atoms with Gasteiger partial charge < -0.3 is 16.4 Å². The molecule has 4 N–H and O–H groups in total. The van der Waals surface area contributed by atoms with Crippen LogP contribution < -0.4 is 21.9 Å². The molecule has 30 heavy (non-hydrogen) atoms. The number of carbonyl (C=O) groups excluding carboxylic acids is 1. The fraction of sp³-hybridized carbons (Fsp3) is 0.636. The first-order chi connectivity index (χ1) is 14.5. The van der Waals surface area contributed by atoms with Crippen LogP contribution in [0, 0.1) is 0 Å². The maximum atomic E-state index is 13.2. The number of amides is 1. The molecule has 2 aromatic rings. The van der Waals surface area contributed by atoms with Crippen molar-refractivity contribution in [3.63, 3.8) is 0 Å². The SMILES string of the molecule is CCc1c(N)c2cnc(N[C@H]3CC[C@H](NC(C)=O)CC3)nc2n(C2CCCC2)c1=O.